The number of amides is 2. The highest BCUT2D eigenvalue weighted by atomic mass is 19.4. The quantitative estimate of drug-likeness (QED) is 0.736. The van der Waals surface area contributed by atoms with Gasteiger partial charge in [-0.15, -0.1) is 0 Å². The SMILES string of the molecule is CC(CC(F)(F)F)NC(=O)NC1CCC(C(=O)O)C1. The van der Waals surface area contributed by atoms with Gasteiger partial charge in [-0.1, -0.05) is 0 Å². The number of carboxylic acids is 1. The van der Waals surface area contributed by atoms with E-state index in [0.29, 0.717) is 19.3 Å². The van der Waals surface area contributed by atoms with E-state index in [1.165, 1.54) is 6.92 Å². The Morgan fingerprint density at radius 1 is 1.37 bits per heavy atom. The Balaban J connectivity index is 2.30. The van der Waals surface area contributed by atoms with E-state index in [-0.39, 0.29) is 6.04 Å². The molecule has 2 amide bonds. The molecule has 5 nitrogen and oxygen atoms in total. The molecule has 0 bridgehead atoms. The van der Waals surface area contributed by atoms with Crippen LogP contribution in [0.15, 0.2) is 0 Å². The molecule has 1 fully saturated rings. The Morgan fingerprint density at radius 2 is 2.00 bits per heavy atom. The topological polar surface area (TPSA) is 78.4 Å². The molecule has 1 aliphatic carbocycles. The van der Waals surface area contributed by atoms with Crippen molar-refractivity contribution in [2.75, 3.05) is 0 Å². The molecule has 0 aliphatic heterocycles. The first kappa shape index (κ1) is 15.6. The Kier molecular flexibility index (Phi) is 5.02. The third-order valence-electron chi connectivity index (χ3n) is 3.03. The first-order chi connectivity index (χ1) is 8.67. The van der Waals surface area contributed by atoms with Gasteiger partial charge >= 0.3 is 18.2 Å². The van der Waals surface area contributed by atoms with Crippen LogP contribution in [-0.4, -0.2) is 35.4 Å². The predicted octanol–water partition coefficient (Wildman–Crippen LogP) is 1.88. The minimum absolute atomic E-state index is 0.292. The highest BCUT2D eigenvalue weighted by Gasteiger charge is 2.32. The Bertz CT molecular complexity index is 347. The third-order valence-corrected chi connectivity index (χ3v) is 3.03. The maximum absolute atomic E-state index is 12.1. The number of alkyl halides is 3. The Hall–Kier alpha value is -1.47. The van der Waals surface area contributed by atoms with Crippen molar-refractivity contribution in [3.63, 3.8) is 0 Å². The molecular formula is C11H17F3N2O3. The van der Waals surface area contributed by atoms with Crippen LogP contribution in [0.2, 0.25) is 0 Å². The van der Waals surface area contributed by atoms with Crippen LogP contribution in [0.4, 0.5) is 18.0 Å². The number of aliphatic carboxylic acids is 1. The number of carbonyl (C=O) groups excluding carboxylic acids is 1. The lowest BCUT2D eigenvalue weighted by atomic mass is 10.1. The van der Waals surface area contributed by atoms with Crippen molar-refractivity contribution >= 4 is 12.0 Å². The van der Waals surface area contributed by atoms with Crippen molar-refractivity contribution in [3.8, 4) is 0 Å². The van der Waals surface area contributed by atoms with Crippen molar-refractivity contribution < 1.29 is 27.9 Å². The van der Waals surface area contributed by atoms with Gasteiger partial charge in [0.05, 0.1) is 12.3 Å². The number of halogens is 3. The molecule has 0 aromatic carbocycles. The van der Waals surface area contributed by atoms with E-state index in [2.05, 4.69) is 10.6 Å². The molecule has 3 N–H and O–H groups in total. The number of carboxylic acid groups (broad SMARTS) is 1. The molecule has 8 heteroatoms. The standard InChI is InChI=1S/C11H17F3N2O3/c1-6(5-11(12,13)14)15-10(19)16-8-3-2-7(4-8)9(17)18/h6-8H,2-5H2,1H3,(H,17,18)(H2,15,16,19). The average molecular weight is 282 g/mol. The fourth-order valence-corrected chi connectivity index (χ4v) is 2.19. The van der Waals surface area contributed by atoms with Crippen LogP contribution in [0.5, 0.6) is 0 Å². The molecular weight excluding hydrogens is 265 g/mol. The van der Waals surface area contributed by atoms with Gasteiger partial charge in [0, 0.05) is 12.1 Å². The van der Waals surface area contributed by atoms with E-state index in [9.17, 15) is 22.8 Å². The van der Waals surface area contributed by atoms with E-state index in [1.54, 1.807) is 0 Å². The largest absolute Gasteiger partial charge is 0.481 e. The van der Waals surface area contributed by atoms with Gasteiger partial charge in [0.1, 0.15) is 0 Å². The van der Waals surface area contributed by atoms with Crippen molar-refractivity contribution in [1.82, 2.24) is 10.6 Å². The lowest BCUT2D eigenvalue weighted by Crippen LogP contribution is -2.45. The second-order valence-electron chi connectivity index (χ2n) is 4.88. The lowest BCUT2D eigenvalue weighted by molar-refractivity contribution is -0.141. The monoisotopic (exact) mass is 282 g/mol. The van der Waals surface area contributed by atoms with Crippen LogP contribution in [0.3, 0.4) is 0 Å². The van der Waals surface area contributed by atoms with Crippen LogP contribution >= 0.6 is 0 Å². The number of hydrogen-bond donors (Lipinski definition) is 3. The van der Waals surface area contributed by atoms with Crippen LogP contribution < -0.4 is 10.6 Å². The summed E-state index contributed by atoms with van der Waals surface area (Å²) in [5.74, 6) is -1.40. The lowest BCUT2D eigenvalue weighted by Gasteiger charge is -2.18. The molecule has 3 atom stereocenters. The van der Waals surface area contributed by atoms with E-state index >= 15 is 0 Å². The molecule has 0 aromatic heterocycles. The first-order valence-electron chi connectivity index (χ1n) is 6.04. The van der Waals surface area contributed by atoms with E-state index in [0.717, 1.165) is 0 Å². The zero-order chi connectivity index (χ0) is 14.6. The molecule has 110 valence electrons. The summed E-state index contributed by atoms with van der Waals surface area (Å²) in [5, 5.41) is 13.5. The minimum Gasteiger partial charge on any atom is -0.481 e. The normalized spacial score (nSPS) is 24.8. The van der Waals surface area contributed by atoms with Crippen molar-refractivity contribution in [1.29, 1.82) is 0 Å². The van der Waals surface area contributed by atoms with Crippen molar-refractivity contribution in [2.45, 2.75) is 50.9 Å². The van der Waals surface area contributed by atoms with Gasteiger partial charge in [-0.25, -0.2) is 4.79 Å². The average Bonchev–Trinajstić information content (AvgIpc) is 2.62. The molecule has 0 saturated heterocycles. The van der Waals surface area contributed by atoms with Gasteiger partial charge in [-0.3, -0.25) is 4.79 Å². The van der Waals surface area contributed by atoms with Crippen molar-refractivity contribution in [3.05, 3.63) is 0 Å². The van der Waals surface area contributed by atoms with Gasteiger partial charge in [0.25, 0.3) is 0 Å². The molecule has 1 saturated carbocycles. The fraction of sp³-hybridized carbons (Fsp3) is 0.818. The predicted molar refractivity (Wildman–Crippen MR) is 60.6 cm³/mol. The van der Waals surface area contributed by atoms with Crippen LogP contribution in [0.25, 0.3) is 0 Å². The van der Waals surface area contributed by atoms with Gasteiger partial charge < -0.3 is 15.7 Å². The summed E-state index contributed by atoms with van der Waals surface area (Å²) in [4.78, 5) is 22.1. The number of carbonyl (C=O) groups is 2. The second kappa shape index (κ2) is 6.12. The van der Waals surface area contributed by atoms with E-state index in [1.807, 2.05) is 0 Å². The molecule has 0 spiro atoms. The Labute approximate surface area is 108 Å². The maximum Gasteiger partial charge on any atom is 0.391 e. The summed E-state index contributed by atoms with van der Waals surface area (Å²) in [5.41, 5.74) is 0. The van der Waals surface area contributed by atoms with Gasteiger partial charge in [0.15, 0.2) is 0 Å². The maximum atomic E-state index is 12.1. The molecule has 19 heavy (non-hydrogen) atoms. The summed E-state index contributed by atoms with van der Waals surface area (Å²) in [6.45, 7) is 1.27. The molecule has 0 heterocycles. The zero-order valence-electron chi connectivity index (χ0n) is 10.5. The molecule has 0 radical (unpaired) electrons. The number of nitrogens with one attached hydrogen (secondary N) is 2. The second-order valence-corrected chi connectivity index (χ2v) is 4.88. The molecule has 3 unspecified atom stereocenters. The number of hydrogen-bond acceptors (Lipinski definition) is 2. The van der Waals surface area contributed by atoms with E-state index < -0.39 is 36.6 Å². The molecule has 0 aromatic rings. The number of urea groups is 1. The van der Waals surface area contributed by atoms with Crippen LogP contribution in [0, 0.1) is 5.92 Å². The summed E-state index contributed by atoms with van der Waals surface area (Å²) in [6.07, 6.45) is -4.11. The molecule has 1 aliphatic rings. The van der Waals surface area contributed by atoms with Gasteiger partial charge in [-0.2, -0.15) is 13.2 Å². The summed E-state index contributed by atoms with van der Waals surface area (Å²) < 4.78 is 36.2. The van der Waals surface area contributed by atoms with E-state index in [4.69, 9.17) is 5.11 Å². The van der Waals surface area contributed by atoms with Crippen molar-refractivity contribution in [2.24, 2.45) is 5.92 Å². The minimum atomic E-state index is -4.32. The highest BCUT2D eigenvalue weighted by molar-refractivity contribution is 5.75. The van der Waals surface area contributed by atoms with Crippen LogP contribution in [0.1, 0.15) is 32.6 Å². The van der Waals surface area contributed by atoms with Gasteiger partial charge in [0.2, 0.25) is 0 Å². The first-order valence-corrected chi connectivity index (χ1v) is 6.04. The van der Waals surface area contributed by atoms with Crippen LogP contribution in [-0.2, 0) is 4.79 Å². The van der Waals surface area contributed by atoms with Gasteiger partial charge in [-0.05, 0) is 26.2 Å². The fourth-order valence-electron chi connectivity index (χ4n) is 2.19. The third kappa shape index (κ3) is 5.80. The summed E-state index contributed by atoms with van der Waals surface area (Å²) >= 11 is 0. The Morgan fingerprint density at radius 3 is 2.47 bits per heavy atom. The molecule has 1 rings (SSSR count). The highest BCUT2D eigenvalue weighted by Crippen LogP contribution is 2.25. The number of rotatable bonds is 4. The zero-order valence-corrected chi connectivity index (χ0v) is 10.5. The smallest absolute Gasteiger partial charge is 0.391 e. The summed E-state index contributed by atoms with van der Waals surface area (Å²) in [6, 6.07) is -2.00. The summed E-state index contributed by atoms with van der Waals surface area (Å²) in [7, 11) is 0.